The van der Waals surface area contributed by atoms with E-state index in [4.69, 9.17) is 9.26 Å². The number of nitrogens with zero attached hydrogens (tertiary/aromatic N) is 7. The van der Waals surface area contributed by atoms with Crippen LogP contribution in [0.2, 0.25) is 0 Å². The highest BCUT2D eigenvalue weighted by Crippen LogP contribution is 2.29. The first-order valence-corrected chi connectivity index (χ1v) is 13.7. The van der Waals surface area contributed by atoms with Crippen molar-refractivity contribution in [2.45, 2.75) is 37.8 Å². The molecule has 0 unspecified atom stereocenters. The molecule has 5 rings (SSSR count). The van der Waals surface area contributed by atoms with Gasteiger partial charge in [-0.3, -0.25) is 4.90 Å². The van der Waals surface area contributed by atoms with Crippen LogP contribution in [0, 0.1) is 5.95 Å². The number of halogens is 1. The van der Waals surface area contributed by atoms with Crippen molar-refractivity contribution in [3.63, 3.8) is 0 Å². The Kier molecular flexibility index (Phi) is 6.08. The first kappa shape index (κ1) is 24.1. The molecule has 1 aliphatic heterocycles. The number of imidazole rings is 1. The number of sulfone groups is 1. The Hall–Kier alpha value is -3.65. The molecule has 5 heterocycles. The van der Waals surface area contributed by atoms with Gasteiger partial charge in [-0.2, -0.15) is 9.37 Å². The topological polar surface area (TPSA) is 129 Å². The fraction of sp³-hybridized carbons (Fsp3) is 0.318. The van der Waals surface area contributed by atoms with E-state index in [9.17, 15) is 12.8 Å². The van der Waals surface area contributed by atoms with E-state index >= 15 is 0 Å². The lowest BCUT2D eigenvalue weighted by Gasteiger charge is -2.21. The number of hydrogen-bond acceptors (Lipinski definition) is 11. The summed E-state index contributed by atoms with van der Waals surface area (Å²) in [6.45, 7) is 6.47. The molecule has 0 radical (unpaired) electrons. The van der Waals surface area contributed by atoms with Crippen LogP contribution >= 0.6 is 11.3 Å². The summed E-state index contributed by atoms with van der Waals surface area (Å²) in [4.78, 5) is 14.7. The summed E-state index contributed by atoms with van der Waals surface area (Å²) < 4.78 is 50.4. The SMILES string of the molecule is CC(C)c1noc(N2C=CC([C@@H](C)Oc3nn4cc(-c5ccc(S(C)(=O)=O)nc5F)nc4s3)=CC2)n1. The van der Waals surface area contributed by atoms with E-state index in [2.05, 4.69) is 25.2 Å². The molecule has 0 N–H and O–H groups in total. The molecular weight excluding hydrogens is 509 g/mol. The third-order valence-electron chi connectivity index (χ3n) is 5.41. The number of fused-ring (bicyclic) bond motifs is 1. The zero-order valence-electron chi connectivity index (χ0n) is 19.8. The molecule has 0 amide bonds. The van der Waals surface area contributed by atoms with Gasteiger partial charge in [0.15, 0.2) is 20.7 Å². The Bertz CT molecular complexity index is 1570. The Morgan fingerprint density at radius 3 is 2.61 bits per heavy atom. The van der Waals surface area contributed by atoms with Crippen LogP contribution in [0.5, 0.6) is 5.19 Å². The highest BCUT2D eigenvalue weighted by atomic mass is 32.2. The Morgan fingerprint density at radius 2 is 2.00 bits per heavy atom. The van der Waals surface area contributed by atoms with Gasteiger partial charge in [-0.15, -0.1) is 5.10 Å². The molecule has 36 heavy (non-hydrogen) atoms. The van der Waals surface area contributed by atoms with E-state index in [0.29, 0.717) is 28.5 Å². The molecule has 0 spiro atoms. The minimum Gasteiger partial charge on any atom is -0.461 e. The molecule has 0 bridgehead atoms. The molecular formula is C22H22FN7O4S2. The van der Waals surface area contributed by atoms with Gasteiger partial charge in [-0.1, -0.05) is 25.1 Å². The predicted molar refractivity (Wildman–Crippen MR) is 130 cm³/mol. The maximum atomic E-state index is 14.4. The van der Waals surface area contributed by atoms with Crippen LogP contribution in [0.1, 0.15) is 32.5 Å². The van der Waals surface area contributed by atoms with Crippen molar-refractivity contribution in [3.8, 4) is 16.5 Å². The van der Waals surface area contributed by atoms with Crippen molar-refractivity contribution in [1.29, 1.82) is 0 Å². The number of ether oxygens (including phenoxy) is 1. The van der Waals surface area contributed by atoms with Gasteiger partial charge in [-0.05, 0) is 42.0 Å². The summed E-state index contributed by atoms with van der Waals surface area (Å²) in [6.07, 6.45) is 8.02. The highest BCUT2D eigenvalue weighted by molar-refractivity contribution is 7.90. The predicted octanol–water partition coefficient (Wildman–Crippen LogP) is 3.63. The molecule has 4 aromatic heterocycles. The molecule has 0 fully saturated rings. The highest BCUT2D eigenvalue weighted by Gasteiger charge is 2.21. The van der Waals surface area contributed by atoms with E-state index in [1.807, 2.05) is 44.0 Å². The van der Waals surface area contributed by atoms with Crippen LogP contribution in [0.4, 0.5) is 10.4 Å². The maximum absolute atomic E-state index is 14.4. The molecule has 11 nitrogen and oxygen atoms in total. The van der Waals surface area contributed by atoms with E-state index < -0.39 is 15.8 Å². The molecule has 4 aromatic rings. The first-order chi connectivity index (χ1) is 17.1. The summed E-state index contributed by atoms with van der Waals surface area (Å²) in [5.74, 6) is -0.0751. The van der Waals surface area contributed by atoms with Gasteiger partial charge in [0.05, 0.1) is 17.5 Å². The number of hydrogen-bond donors (Lipinski definition) is 0. The van der Waals surface area contributed by atoms with Crippen LogP contribution in [0.15, 0.2) is 51.8 Å². The molecule has 0 saturated carbocycles. The van der Waals surface area contributed by atoms with Gasteiger partial charge in [0.2, 0.25) is 10.9 Å². The second-order valence-electron chi connectivity index (χ2n) is 8.50. The van der Waals surface area contributed by atoms with E-state index in [-0.39, 0.29) is 28.3 Å². The van der Waals surface area contributed by atoms with E-state index in [0.717, 1.165) is 11.8 Å². The van der Waals surface area contributed by atoms with Crippen molar-refractivity contribution < 1.29 is 22.1 Å². The minimum atomic E-state index is -3.61. The van der Waals surface area contributed by atoms with Gasteiger partial charge < -0.3 is 9.26 Å². The average Bonchev–Trinajstić information content (AvgIpc) is 3.54. The van der Waals surface area contributed by atoms with Crippen LogP contribution in [0.25, 0.3) is 16.2 Å². The van der Waals surface area contributed by atoms with E-state index in [1.54, 1.807) is 0 Å². The van der Waals surface area contributed by atoms with Gasteiger partial charge in [0, 0.05) is 24.9 Å². The van der Waals surface area contributed by atoms with Crippen molar-refractivity contribution in [2.75, 3.05) is 17.7 Å². The third kappa shape index (κ3) is 4.73. The second kappa shape index (κ2) is 9.09. The van der Waals surface area contributed by atoms with Gasteiger partial charge in [-0.25, -0.2) is 22.9 Å². The van der Waals surface area contributed by atoms with Crippen LogP contribution in [-0.4, -0.2) is 57.0 Å². The number of rotatable bonds is 7. The van der Waals surface area contributed by atoms with Gasteiger partial charge in [0.25, 0.3) is 5.19 Å². The van der Waals surface area contributed by atoms with Crippen molar-refractivity contribution in [2.24, 2.45) is 0 Å². The number of pyridine rings is 1. The summed E-state index contributed by atoms with van der Waals surface area (Å²) in [5, 5.41) is 8.43. The molecule has 0 saturated heterocycles. The number of anilines is 1. The van der Waals surface area contributed by atoms with Crippen LogP contribution in [0.3, 0.4) is 0 Å². The Labute approximate surface area is 209 Å². The lowest BCUT2D eigenvalue weighted by atomic mass is 10.1. The molecule has 188 valence electrons. The third-order valence-corrected chi connectivity index (χ3v) is 7.21. The van der Waals surface area contributed by atoms with Crippen molar-refractivity contribution in [3.05, 3.63) is 54.0 Å². The molecule has 1 aliphatic rings. The Morgan fingerprint density at radius 1 is 1.19 bits per heavy atom. The van der Waals surface area contributed by atoms with Gasteiger partial charge in [0.1, 0.15) is 6.10 Å². The smallest absolute Gasteiger partial charge is 0.328 e. The average molecular weight is 532 g/mol. The summed E-state index contributed by atoms with van der Waals surface area (Å²) in [6, 6.07) is 3.03. The van der Waals surface area contributed by atoms with E-state index in [1.165, 1.54) is 34.2 Å². The standard InChI is InChI=1S/C22H22FN7O4S2/c1-12(2)19-26-20(34-28-19)29-9-7-14(8-10-29)13(3)33-22-27-30-11-16(24-21(30)35-22)15-5-6-17(25-18(15)23)36(4,31)32/h5-9,11-13H,10H2,1-4H3/t13-/m1/s1. The lowest BCUT2D eigenvalue weighted by molar-refractivity contribution is 0.256. The quantitative estimate of drug-likeness (QED) is 0.326. The largest absolute Gasteiger partial charge is 0.461 e. The zero-order chi connectivity index (χ0) is 25.6. The fourth-order valence-electron chi connectivity index (χ4n) is 3.42. The molecule has 1 atom stereocenters. The zero-order valence-corrected chi connectivity index (χ0v) is 21.4. The molecule has 0 aliphatic carbocycles. The summed E-state index contributed by atoms with van der Waals surface area (Å²) in [7, 11) is -3.61. The summed E-state index contributed by atoms with van der Waals surface area (Å²) in [5.41, 5.74) is 1.33. The molecule has 14 heteroatoms. The van der Waals surface area contributed by atoms with Gasteiger partial charge >= 0.3 is 6.01 Å². The van der Waals surface area contributed by atoms with Crippen molar-refractivity contribution in [1.82, 2.24) is 29.7 Å². The number of aromatic nitrogens is 6. The van der Waals surface area contributed by atoms with Crippen LogP contribution in [-0.2, 0) is 9.84 Å². The monoisotopic (exact) mass is 531 g/mol. The summed E-state index contributed by atoms with van der Waals surface area (Å²) >= 11 is 1.21. The van der Waals surface area contributed by atoms with Crippen LogP contribution < -0.4 is 9.64 Å². The lowest BCUT2D eigenvalue weighted by Crippen LogP contribution is -2.23. The fourth-order valence-corrected chi connectivity index (χ4v) is 4.79. The second-order valence-corrected chi connectivity index (χ2v) is 11.4. The first-order valence-electron chi connectivity index (χ1n) is 11.0. The normalized spacial score (nSPS) is 15.1. The van der Waals surface area contributed by atoms with Crippen molar-refractivity contribution >= 4 is 32.1 Å². The maximum Gasteiger partial charge on any atom is 0.328 e. The Balaban J connectivity index is 1.26. The minimum absolute atomic E-state index is 0.0831. The molecule has 0 aromatic carbocycles.